The van der Waals surface area contributed by atoms with Crippen LogP contribution in [0, 0.1) is 5.92 Å². The van der Waals surface area contributed by atoms with Crippen LogP contribution >= 0.6 is 0 Å². The average Bonchev–Trinajstić information content (AvgIpc) is 2.26. The topological polar surface area (TPSA) is 99.4 Å². The number of fused-ring (bicyclic) bond motifs is 1. The van der Waals surface area contributed by atoms with E-state index in [1.807, 2.05) is 0 Å². The lowest BCUT2D eigenvalue weighted by atomic mass is 9.97. The van der Waals surface area contributed by atoms with Crippen molar-refractivity contribution in [3.63, 3.8) is 0 Å². The van der Waals surface area contributed by atoms with Gasteiger partial charge in [0.2, 0.25) is 0 Å². The molecule has 1 saturated carbocycles. The Morgan fingerprint density at radius 2 is 2.14 bits per heavy atom. The highest BCUT2D eigenvalue weighted by Gasteiger charge is 2.66. The molecule has 0 aromatic heterocycles. The summed E-state index contributed by atoms with van der Waals surface area (Å²) in [6.45, 7) is -0.477. The highest BCUT2D eigenvalue weighted by Crippen LogP contribution is 2.51. The molecule has 0 spiro atoms. The van der Waals surface area contributed by atoms with E-state index in [1.54, 1.807) is 0 Å². The summed E-state index contributed by atoms with van der Waals surface area (Å²) in [6.07, 6.45) is -2.49. The van der Waals surface area contributed by atoms with Gasteiger partial charge in [0.25, 0.3) is 11.7 Å². The fourth-order valence-electron chi connectivity index (χ4n) is 1.96. The molecule has 0 bridgehead atoms. The quantitative estimate of drug-likeness (QED) is 0.411. The Bertz CT molecular complexity index is 288. The third kappa shape index (κ3) is 0.885. The van der Waals surface area contributed by atoms with Crippen molar-refractivity contribution in [3.05, 3.63) is 11.5 Å². The molecule has 0 saturated heterocycles. The summed E-state index contributed by atoms with van der Waals surface area (Å²) in [5.41, 5.74) is 0.103. The van der Waals surface area contributed by atoms with Crippen LogP contribution < -0.4 is 0 Å². The molecule has 6 heteroatoms. The van der Waals surface area contributed by atoms with E-state index >= 15 is 0 Å². The Morgan fingerprint density at radius 3 is 2.64 bits per heavy atom. The maximum Gasteiger partial charge on any atom is 0.290 e. The largest absolute Gasteiger partial charge is 0.468 e. The molecule has 0 amide bonds. The number of methoxy groups -OCH3 is 1. The van der Waals surface area contributed by atoms with Crippen LogP contribution in [0.2, 0.25) is 0 Å². The zero-order valence-corrected chi connectivity index (χ0v) is 7.54. The lowest BCUT2D eigenvalue weighted by molar-refractivity contribution is -0.253. The Labute approximate surface area is 80.0 Å². The van der Waals surface area contributed by atoms with Crippen molar-refractivity contribution in [2.75, 3.05) is 13.7 Å². The predicted molar refractivity (Wildman–Crippen MR) is 42.7 cm³/mol. The normalized spacial score (nSPS) is 45.6. The first-order valence-electron chi connectivity index (χ1n) is 4.23. The van der Waals surface area contributed by atoms with Gasteiger partial charge < -0.3 is 29.9 Å². The minimum atomic E-state index is -1.78. The summed E-state index contributed by atoms with van der Waals surface area (Å²) >= 11 is 0. The Kier molecular flexibility index (Phi) is 1.97. The highest BCUT2D eigenvalue weighted by molar-refractivity contribution is 5.35. The molecule has 1 fully saturated rings. The number of rotatable bonds is 2. The van der Waals surface area contributed by atoms with Crippen molar-refractivity contribution >= 4 is 0 Å². The molecule has 1 aliphatic heterocycles. The monoisotopic (exact) mass is 204 g/mol. The molecule has 0 aromatic rings. The molecule has 4 N–H and O–H groups in total. The van der Waals surface area contributed by atoms with Crippen molar-refractivity contribution in [3.8, 4) is 0 Å². The third-order valence-corrected chi connectivity index (χ3v) is 2.77. The van der Waals surface area contributed by atoms with Gasteiger partial charge in [0.15, 0.2) is 0 Å². The summed E-state index contributed by atoms with van der Waals surface area (Å²) in [5.74, 6) is -2.71. The van der Waals surface area contributed by atoms with Crippen molar-refractivity contribution in [2.45, 2.75) is 18.0 Å². The molecule has 0 radical (unpaired) electrons. The van der Waals surface area contributed by atoms with Crippen LogP contribution in [0.25, 0.3) is 0 Å². The van der Waals surface area contributed by atoms with E-state index in [4.69, 9.17) is 14.6 Å². The fourth-order valence-corrected chi connectivity index (χ4v) is 1.96. The summed E-state index contributed by atoms with van der Waals surface area (Å²) in [6, 6.07) is 0. The number of aliphatic hydroxyl groups is 4. The van der Waals surface area contributed by atoms with Crippen LogP contribution in [-0.2, 0) is 9.47 Å². The summed E-state index contributed by atoms with van der Waals surface area (Å²) in [7, 11) is 1.33. The van der Waals surface area contributed by atoms with Crippen molar-refractivity contribution in [1.82, 2.24) is 0 Å². The van der Waals surface area contributed by atoms with Gasteiger partial charge in [0, 0.05) is 0 Å². The molecule has 1 aliphatic carbocycles. The van der Waals surface area contributed by atoms with E-state index in [2.05, 4.69) is 0 Å². The van der Waals surface area contributed by atoms with Crippen molar-refractivity contribution in [2.24, 2.45) is 5.92 Å². The van der Waals surface area contributed by atoms with Crippen LogP contribution in [0.4, 0.5) is 0 Å². The molecule has 6 nitrogen and oxygen atoms in total. The number of hydrogen-bond acceptors (Lipinski definition) is 6. The molecule has 1 heterocycles. The van der Waals surface area contributed by atoms with Gasteiger partial charge in [-0.15, -0.1) is 0 Å². The SMILES string of the molecule is COC1=C2C(O)[C@H](O)C(CO)C2(O)O1. The van der Waals surface area contributed by atoms with E-state index in [1.165, 1.54) is 7.11 Å². The van der Waals surface area contributed by atoms with Gasteiger partial charge in [0.05, 0.1) is 25.7 Å². The molecule has 80 valence electrons. The molecule has 0 aromatic carbocycles. The Balaban J connectivity index is 2.37. The number of hydrogen-bond donors (Lipinski definition) is 4. The van der Waals surface area contributed by atoms with Crippen LogP contribution in [0.5, 0.6) is 0 Å². The van der Waals surface area contributed by atoms with E-state index in [0.29, 0.717) is 0 Å². The fraction of sp³-hybridized carbons (Fsp3) is 0.750. The maximum atomic E-state index is 9.81. The minimum absolute atomic E-state index is 0.00926. The van der Waals surface area contributed by atoms with Gasteiger partial charge in [-0.1, -0.05) is 0 Å². The maximum absolute atomic E-state index is 9.81. The highest BCUT2D eigenvalue weighted by atomic mass is 16.8. The lowest BCUT2D eigenvalue weighted by Gasteiger charge is -2.38. The second kappa shape index (κ2) is 2.83. The smallest absolute Gasteiger partial charge is 0.290 e. The summed E-state index contributed by atoms with van der Waals surface area (Å²) in [4.78, 5) is 0. The van der Waals surface area contributed by atoms with Gasteiger partial charge in [-0.05, 0) is 0 Å². The second-order valence-corrected chi connectivity index (χ2v) is 3.43. The molecular weight excluding hydrogens is 192 g/mol. The molecule has 2 aliphatic rings. The number of ether oxygens (including phenoxy) is 2. The van der Waals surface area contributed by atoms with E-state index in [9.17, 15) is 15.3 Å². The first-order valence-corrected chi connectivity index (χ1v) is 4.23. The van der Waals surface area contributed by atoms with Gasteiger partial charge in [-0.2, -0.15) is 0 Å². The first-order chi connectivity index (χ1) is 6.56. The van der Waals surface area contributed by atoms with Crippen LogP contribution in [0.1, 0.15) is 0 Å². The van der Waals surface area contributed by atoms with Crippen molar-refractivity contribution in [1.29, 1.82) is 0 Å². The second-order valence-electron chi connectivity index (χ2n) is 3.43. The Morgan fingerprint density at radius 1 is 1.50 bits per heavy atom. The summed E-state index contributed by atoms with van der Waals surface area (Å²) < 4.78 is 9.60. The zero-order valence-electron chi connectivity index (χ0n) is 7.54. The average molecular weight is 204 g/mol. The van der Waals surface area contributed by atoms with E-state index < -0.39 is 30.5 Å². The van der Waals surface area contributed by atoms with Gasteiger partial charge >= 0.3 is 0 Å². The minimum Gasteiger partial charge on any atom is -0.468 e. The van der Waals surface area contributed by atoms with Crippen LogP contribution in [0.3, 0.4) is 0 Å². The molecular formula is C8H12O6. The van der Waals surface area contributed by atoms with E-state index in [-0.39, 0.29) is 11.5 Å². The zero-order chi connectivity index (χ0) is 10.5. The third-order valence-electron chi connectivity index (χ3n) is 2.77. The molecule has 14 heavy (non-hydrogen) atoms. The molecule has 3 unspecified atom stereocenters. The Hall–Kier alpha value is -0.820. The first kappa shape index (κ1) is 9.72. The molecule has 4 atom stereocenters. The van der Waals surface area contributed by atoms with Gasteiger partial charge in [-0.3, -0.25) is 0 Å². The number of aliphatic hydroxyl groups excluding tert-OH is 3. The lowest BCUT2D eigenvalue weighted by Crippen LogP contribution is -2.49. The van der Waals surface area contributed by atoms with Gasteiger partial charge in [-0.25, -0.2) is 0 Å². The predicted octanol–water partition coefficient (Wildman–Crippen LogP) is -2.09. The van der Waals surface area contributed by atoms with Crippen LogP contribution in [-0.4, -0.2) is 52.1 Å². The van der Waals surface area contributed by atoms with Crippen molar-refractivity contribution < 1.29 is 29.9 Å². The van der Waals surface area contributed by atoms with E-state index in [0.717, 1.165) is 0 Å². The standard InChI is InChI=1S/C8H12O6/c1-13-7-4-6(11)5(10)3(2-9)8(4,12)14-7/h3,5-6,9-12H,2H2,1H3/t3?,5-,6?,8?/m1/s1. The van der Waals surface area contributed by atoms with Crippen LogP contribution in [0.15, 0.2) is 11.5 Å². The van der Waals surface area contributed by atoms with Gasteiger partial charge in [0.1, 0.15) is 11.7 Å². The summed E-state index contributed by atoms with van der Waals surface area (Å²) in [5, 5.41) is 37.7. The molecule has 2 rings (SSSR count).